The predicted molar refractivity (Wildman–Crippen MR) is 114 cm³/mol. The molecule has 0 atom stereocenters. The molecule has 148 valence electrons. The Morgan fingerprint density at radius 3 is 2.62 bits per heavy atom. The number of thioether (sulfide) groups is 1. The van der Waals surface area contributed by atoms with E-state index in [-0.39, 0.29) is 0 Å². The van der Waals surface area contributed by atoms with Gasteiger partial charge in [0.2, 0.25) is 0 Å². The van der Waals surface area contributed by atoms with Gasteiger partial charge in [-0.15, -0.1) is 10.2 Å². The van der Waals surface area contributed by atoms with Crippen LogP contribution in [0.25, 0.3) is 17.1 Å². The number of rotatable bonds is 6. The Morgan fingerprint density at radius 2 is 1.90 bits per heavy atom. The lowest BCUT2D eigenvalue weighted by Crippen LogP contribution is -2.02. The van der Waals surface area contributed by atoms with Crippen LogP contribution in [0.15, 0.2) is 58.2 Å². The first kappa shape index (κ1) is 19.8. The van der Waals surface area contributed by atoms with E-state index >= 15 is 0 Å². The van der Waals surface area contributed by atoms with E-state index in [1.807, 2.05) is 54.0 Å². The minimum Gasteiger partial charge on any atom is -0.495 e. The molecule has 0 fully saturated rings. The van der Waals surface area contributed by atoms with Crippen molar-refractivity contribution < 1.29 is 9.26 Å². The van der Waals surface area contributed by atoms with E-state index < -0.39 is 0 Å². The average Bonchev–Trinajstić information content (AvgIpc) is 3.32. The number of benzene rings is 2. The van der Waals surface area contributed by atoms with E-state index in [0.29, 0.717) is 32.5 Å². The molecule has 0 saturated heterocycles. The van der Waals surface area contributed by atoms with Gasteiger partial charge in [0.15, 0.2) is 11.0 Å². The van der Waals surface area contributed by atoms with Crippen molar-refractivity contribution in [1.82, 2.24) is 19.9 Å². The van der Waals surface area contributed by atoms with Gasteiger partial charge in [0.25, 0.3) is 0 Å². The van der Waals surface area contributed by atoms with E-state index in [4.69, 9.17) is 32.5 Å². The zero-order valence-electron chi connectivity index (χ0n) is 15.6. The molecule has 2 aromatic heterocycles. The quantitative estimate of drug-likeness (QED) is 0.346. The van der Waals surface area contributed by atoms with Crippen LogP contribution in [0.2, 0.25) is 10.0 Å². The molecule has 0 aliphatic rings. The summed E-state index contributed by atoms with van der Waals surface area (Å²) in [6, 6.07) is 14.8. The van der Waals surface area contributed by atoms with Crippen LogP contribution in [-0.4, -0.2) is 27.0 Å². The molecule has 6 nitrogen and oxygen atoms in total. The normalized spacial score (nSPS) is 11.0. The van der Waals surface area contributed by atoms with E-state index in [0.717, 1.165) is 22.7 Å². The highest BCUT2D eigenvalue weighted by Crippen LogP contribution is 2.35. The highest BCUT2D eigenvalue weighted by Gasteiger charge is 2.20. The highest BCUT2D eigenvalue weighted by atomic mass is 35.5. The van der Waals surface area contributed by atoms with E-state index in [1.165, 1.54) is 11.8 Å². The summed E-state index contributed by atoms with van der Waals surface area (Å²) >= 11 is 14.0. The molecular weight excluding hydrogens is 431 g/mol. The van der Waals surface area contributed by atoms with Gasteiger partial charge in [-0.05, 0) is 37.3 Å². The fourth-order valence-corrected chi connectivity index (χ4v) is 4.03. The van der Waals surface area contributed by atoms with Crippen LogP contribution in [0.3, 0.4) is 0 Å². The molecule has 4 aromatic rings. The molecule has 0 bridgehead atoms. The highest BCUT2D eigenvalue weighted by molar-refractivity contribution is 7.98. The Kier molecular flexibility index (Phi) is 5.80. The number of ether oxygens (including phenoxy) is 1. The molecule has 0 spiro atoms. The van der Waals surface area contributed by atoms with Gasteiger partial charge in [-0.2, -0.15) is 0 Å². The molecule has 0 radical (unpaired) electrons. The Hall–Kier alpha value is -2.48. The van der Waals surface area contributed by atoms with Crippen molar-refractivity contribution >= 4 is 35.0 Å². The molecule has 0 unspecified atom stereocenters. The Morgan fingerprint density at radius 1 is 1.07 bits per heavy atom. The first-order chi connectivity index (χ1) is 14.0. The van der Waals surface area contributed by atoms with Crippen LogP contribution in [-0.2, 0) is 5.75 Å². The number of halogens is 2. The van der Waals surface area contributed by atoms with Crippen molar-refractivity contribution in [2.24, 2.45) is 0 Å². The first-order valence-corrected chi connectivity index (χ1v) is 10.4. The lowest BCUT2D eigenvalue weighted by Gasteiger charge is -2.14. The van der Waals surface area contributed by atoms with Gasteiger partial charge in [-0.25, -0.2) is 0 Å². The number of aryl methyl sites for hydroxylation is 1. The maximum Gasteiger partial charge on any atom is 0.196 e. The topological polar surface area (TPSA) is 66.0 Å². The minimum atomic E-state index is 0.553. The van der Waals surface area contributed by atoms with Crippen molar-refractivity contribution in [2.75, 3.05) is 7.11 Å². The standard InChI is InChI=1S/C20H16Cl2N4O2S/c1-12-8-16(28-25-12)11-29-20-24-23-19(13-4-3-5-14(21)9-13)26(20)17-10-15(22)6-7-18(17)27-2/h3-10H,11H2,1-2H3. The van der Waals surface area contributed by atoms with Crippen LogP contribution < -0.4 is 4.74 Å². The molecular formula is C20H16Cl2N4O2S. The molecule has 0 saturated carbocycles. The summed E-state index contributed by atoms with van der Waals surface area (Å²) in [4.78, 5) is 0. The zero-order valence-corrected chi connectivity index (χ0v) is 17.9. The summed E-state index contributed by atoms with van der Waals surface area (Å²) in [5.41, 5.74) is 2.39. The molecule has 0 N–H and O–H groups in total. The number of aromatic nitrogens is 4. The van der Waals surface area contributed by atoms with Crippen LogP contribution in [0.4, 0.5) is 0 Å². The Balaban J connectivity index is 1.83. The summed E-state index contributed by atoms with van der Waals surface area (Å²) < 4.78 is 12.8. The van der Waals surface area contributed by atoms with Gasteiger partial charge in [0.05, 0.1) is 24.2 Å². The molecule has 2 aromatic carbocycles. The van der Waals surface area contributed by atoms with Crippen molar-refractivity contribution in [3.8, 4) is 22.8 Å². The summed E-state index contributed by atoms with van der Waals surface area (Å²) in [6.45, 7) is 1.88. The fraction of sp³-hybridized carbons (Fsp3) is 0.150. The van der Waals surface area contributed by atoms with E-state index in [9.17, 15) is 0 Å². The molecule has 4 rings (SSSR count). The van der Waals surface area contributed by atoms with Gasteiger partial charge in [0.1, 0.15) is 11.5 Å². The SMILES string of the molecule is COc1ccc(Cl)cc1-n1c(SCc2cc(C)no2)nnc1-c1cccc(Cl)c1. The minimum absolute atomic E-state index is 0.553. The molecule has 2 heterocycles. The van der Waals surface area contributed by atoms with E-state index in [2.05, 4.69) is 15.4 Å². The third kappa shape index (κ3) is 4.27. The summed E-state index contributed by atoms with van der Waals surface area (Å²) in [5, 5.41) is 14.6. The maximum atomic E-state index is 6.28. The van der Waals surface area contributed by atoms with Crippen molar-refractivity contribution in [2.45, 2.75) is 17.8 Å². The van der Waals surface area contributed by atoms with Gasteiger partial charge >= 0.3 is 0 Å². The van der Waals surface area contributed by atoms with Gasteiger partial charge in [-0.1, -0.05) is 52.3 Å². The third-order valence-electron chi connectivity index (χ3n) is 4.12. The fourth-order valence-electron chi connectivity index (χ4n) is 2.85. The van der Waals surface area contributed by atoms with Crippen molar-refractivity contribution in [1.29, 1.82) is 0 Å². The number of nitrogens with zero attached hydrogens (tertiary/aromatic N) is 4. The molecule has 0 aliphatic heterocycles. The second-order valence-electron chi connectivity index (χ2n) is 6.19. The monoisotopic (exact) mass is 446 g/mol. The van der Waals surface area contributed by atoms with Crippen LogP contribution in [0.5, 0.6) is 5.75 Å². The van der Waals surface area contributed by atoms with Gasteiger partial charge < -0.3 is 9.26 Å². The second-order valence-corrected chi connectivity index (χ2v) is 8.01. The first-order valence-electron chi connectivity index (χ1n) is 8.65. The zero-order chi connectivity index (χ0) is 20.4. The molecule has 9 heteroatoms. The molecule has 29 heavy (non-hydrogen) atoms. The van der Waals surface area contributed by atoms with E-state index in [1.54, 1.807) is 13.2 Å². The lowest BCUT2D eigenvalue weighted by molar-refractivity contribution is 0.391. The summed E-state index contributed by atoms with van der Waals surface area (Å²) in [5.74, 6) is 2.58. The van der Waals surface area contributed by atoms with Crippen LogP contribution in [0.1, 0.15) is 11.5 Å². The number of methoxy groups -OCH3 is 1. The summed E-state index contributed by atoms with van der Waals surface area (Å²) in [7, 11) is 1.61. The van der Waals surface area contributed by atoms with Crippen molar-refractivity contribution in [3.05, 3.63) is 70.0 Å². The van der Waals surface area contributed by atoms with Crippen LogP contribution >= 0.6 is 35.0 Å². The Bertz CT molecular complexity index is 1160. The smallest absolute Gasteiger partial charge is 0.196 e. The van der Waals surface area contributed by atoms with Gasteiger partial charge in [0, 0.05) is 21.7 Å². The van der Waals surface area contributed by atoms with Crippen molar-refractivity contribution in [3.63, 3.8) is 0 Å². The molecule has 0 aliphatic carbocycles. The Labute approximate surface area is 181 Å². The maximum absolute atomic E-state index is 6.28. The lowest BCUT2D eigenvalue weighted by atomic mass is 10.2. The number of hydrogen-bond acceptors (Lipinski definition) is 6. The molecule has 0 amide bonds. The second kappa shape index (κ2) is 8.49. The average molecular weight is 447 g/mol. The largest absolute Gasteiger partial charge is 0.495 e. The van der Waals surface area contributed by atoms with Gasteiger partial charge in [-0.3, -0.25) is 4.57 Å². The predicted octanol–water partition coefficient (Wildman–Crippen LogP) is 5.84. The summed E-state index contributed by atoms with van der Waals surface area (Å²) in [6.07, 6.45) is 0. The third-order valence-corrected chi connectivity index (χ3v) is 5.54. The van der Waals surface area contributed by atoms with Crippen LogP contribution in [0, 0.1) is 6.92 Å². The number of hydrogen-bond donors (Lipinski definition) is 0.